The van der Waals surface area contributed by atoms with Gasteiger partial charge in [-0.15, -0.1) is 0 Å². The SMILES string of the molecule is CC1CCCCC1.O=C(O)c1ccc(CCc2ccc(NC(=O)c3cc(N4CCCCC4)ccc3NC(=O)c3cccc(SNC4CC4)c3)cc2)cc1.O=CO. The van der Waals surface area contributed by atoms with E-state index >= 15 is 0 Å². The number of benzene rings is 4. The van der Waals surface area contributed by atoms with E-state index in [0.717, 1.165) is 66.4 Å². The number of carbonyl (C=O) groups is 4. The molecule has 2 amide bonds. The predicted octanol–water partition coefficient (Wildman–Crippen LogP) is 9.71. The highest BCUT2D eigenvalue weighted by atomic mass is 32.2. The Morgan fingerprint density at radius 1 is 0.732 bits per heavy atom. The molecule has 0 spiro atoms. The summed E-state index contributed by atoms with van der Waals surface area (Å²) < 4.78 is 3.41. The summed E-state index contributed by atoms with van der Waals surface area (Å²) in [6, 6.07) is 28.4. The zero-order valence-corrected chi connectivity index (χ0v) is 33.0. The summed E-state index contributed by atoms with van der Waals surface area (Å²) >= 11 is 1.54. The minimum atomic E-state index is -0.932. The van der Waals surface area contributed by atoms with Gasteiger partial charge >= 0.3 is 5.97 Å². The van der Waals surface area contributed by atoms with Gasteiger partial charge in [-0.1, -0.05) is 69.4 Å². The monoisotopic (exact) mass is 778 g/mol. The molecule has 0 unspecified atom stereocenters. The standard InChI is InChI=1S/C37H38N4O4S.C7H14.CH2O2/c42-35(28-5-4-6-32(23-28)46-40-30-17-18-30)39-34-20-19-31(41-21-2-1-3-22-41)24-33(34)36(43)38-29-15-11-26(12-16-29)8-7-25-9-13-27(14-10-25)37(44)45;1-7-5-3-2-4-6-7;2-1-3/h4-6,9-16,19-20,23-24,30,40H,1-3,7-8,17-18,21-22H2,(H,38,43)(H,39,42)(H,44,45);7H,2-6H2,1H3;1H,(H,2,3). The molecule has 2 aliphatic carbocycles. The van der Waals surface area contributed by atoms with Crippen molar-refractivity contribution in [2.45, 2.75) is 94.9 Å². The second-order valence-electron chi connectivity index (χ2n) is 14.8. The Morgan fingerprint density at radius 3 is 1.95 bits per heavy atom. The van der Waals surface area contributed by atoms with Crippen molar-refractivity contribution >= 4 is 53.3 Å². The Kier molecular flexibility index (Phi) is 16.4. The first-order valence-corrected chi connectivity index (χ1v) is 20.6. The molecule has 3 fully saturated rings. The van der Waals surface area contributed by atoms with Crippen molar-refractivity contribution in [2.24, 2.45) is 5.92 Å². The lowest BCUT2D eigenvalue weighted by Gasteiger charge is -2.29. The minimum absolute atomic E-state index is 0.250. The lowest BCUT2D eigenvalue weighted by Crippen LogP contribution is -2.29. The third-order valence-corrected chi connectivity index (χ3v) is 11.2. The topological polar surface area (TPSA) is 148 Å². The molecule has 0 bridgehead atoms. The number of hydrogen-bond acceptors (Lipinski definition) is 7. The van der Waals surface area contributed by atoms with Crippen molar-refractivity contribution in [3.05, 3.63) is 119 Å². The van der Waals surface area contributed by atoms with Crippen LogP contribution in [0.5, 0.6) is 0 Å². The first kappa shape index (κ1) is 42.0. The largest absolute Gasteiger partial charge is 0.483 e. The first-order chi connectivity index (χ1) is 27.2. The average Bonchev–Trinajstić information content (AvgIpc) is 4.06. The third kappa shape index (κ3) is 13.6. The van der Waals surface area contributed by atoms with Crippen molar-refractivity contribution in [2.75, 3.05) is 28.6 Å². The van der Waals surface area contributed by atoms with E-state index in [1.54, 1.807) is 30.1 Å². The van der Waals surface area contributed by atoms with Gasteiger partial charge in [-0.3, -0.25) is 19.1 Å². The maximum atomic E-state index is 13.7. The number of aromatic carboxylic acids is 1. The van der Waals surface area contributed by atoms with Gasteiger partial charge in [0.15, 0.2) is 0 Å². The summed E-state index contributed by atoms with van der Waals surface area (Å²) in [4.78, 5) is 49.8. The van der Waals surface area contributed by atoms with Gasteiger partial charge in [0, 0.05) is 41.0 Å². The highest BCUT2D eigenvalue weighted by molar-refractivity contribution is 7.97. The van der Waals surface area contributed by atoms with Crippen LogP contribution in [0, 0.1) is 5.92 Å². The summed E-state index contributed by atoms with van der Waals surface area (Å²) in [7, 11) is 0. The van der Waals surface area contributed by atoms with Crippen LogP contribution in [0.15, 0.2) is 95.9 Å². The molecule has 3 aliphatic rings. The van der Waals surface area contributed by atoms with E-state index in [-0.39, 0.29) is 23.9 Å². The third-order valence-electron chi connectivity index (χ3n) is 10.2. The molecular weight excluding hydrogens is 725 g/mol. The van der Waals surface area contributed by atoms with E-state index in [4.69, 9.17) is 15.0 Å². The van der Waals surface area contributed by atoms with E-state index in [9.17, 15) is 14.4 Å². The van der Waals surface area contributed by atoms with Gasteiger partial charge in [0.05, 0.1) is 16.8 Å². The van der Waals surface area contributed by atoms with Crippen LogP contribution >= 0.6 is 11.9 Å². The van der Waals surface area contributed by atoms with Crippen LogP contribution in [-0.4, -0.2) is 53.6 Å². The molecule has 0 aromatic heterocycles. The van der Waals surface area contributed by atoms with Gasteiger partial charge < -0.3 is 25.7 Å². The van der Waals surface area contributed by atoms with Crippen LogP contribution in [-0.2, 0) is 17.6 Å². The summed E-state index contributed by atoms with van der Waals surface area (Å²) in [5.74, 6) is -0.458. The fourth-order valence-corrected chi connectivity index (χ4v) is 7.66. The molecular formula is C45H54N4O6S. The molecule has 1 aliphatic heterocycles. The van der Waals surface area contributed by atoms with Gasteiger partial charge in [0.25, 0.3) is 18.3 Å². The zero-order valence-electron chi connectivity index (χ0n) is 32.2. The summed E-state index contributed by atoms with van der Waals surface area (Å²) in [5, 5.41) is 22.0. The van der Waals surface area contributed by atoms with Crippen LogP contribution in [0.3, 0.4) is 0 Å². The fourth-order valence-electron chi connectivity index (χ4n) is 6.79. The van der Waals surface area contributed by atoms with E-state index in [0.29, 0.717) is 28.5 Å². The van der Waals surface area contributed by atoms with E-state index in [1.807, 2.05) is 72.8 Å². The van der Waals surface area contributed by atoms with E-state index in [1.165, 1.54) is 51.4 Å². The number of piperidine rings is 1. The molecule has 2 saturated carbocycles. The molecule has 0 atom stereocenters. The van der Waals surface area contributed by atoms with Crippen LogP contribution in [0.4, 0.5) is 17.1 Å². The highest BCUT2D eigenvalue weighted by Crippen LogP contribution is 2.29. The number of carboxylic acids is 1. The molecule has 5 N–H and O–H groups in total. The van der Waals surface area contributed by atoms with Gasteiger partial charge in [-0.2, -0.15) is 0 Å². The molecule has 7 rings (SSSR count). The molecule has 4 aromatic rings. The number of hydrogen-bond donors (Lipinski definition) is 5. The van der Waals surface area contributed by atoms with Crippen LogP contribution in [0.1, 0.15) is 113 Å². The molecule has 10 nitrogen and oxygen atoms in total. The van der Waals surface area contributed by atoms with Crippen molar-refractivity contribution in [1.29, 1.82) is 0 Å². The predicted molar refractivity (Wildman–Crippen MR) is 225 cm³/mol. The average molecular weight is 779 g/mol. The van der Waals surface area contributed by atoms with Gasteiger partial charge in [-0.05, 0) is 135 Å². The van der Waals surface area contributed by atoms with E-state index in [2.05, 4.69) is 27.2 Å². The quantitative estimate of drug-likeness (QED) is 0.0700. The number of anilines is 3. The number of aryl methyl sites for hydroxylation is 2. The van der Waals surface area contributed by atoms with Crippen molar-refractivity contribution in [1.82, 2.24) is 4.72 Å². The van der Waals surface area contributed by atoms with E-state index < -0.39 is 5.97 Å². The van der Waals surface area contributed by atoms with Crippen molar-refractivity contribution in [3.63, 3.8) is 0 Å². The Labute approximate surface area is 334 Å². The zero-order chi connectivity index (χ0) is 39.7. The second kappa shape index (κ2) is 21.8. The maximum absolute atomic E-state index is 13.7. The van der Waals surface area contributed by atoms with Crippen molar-refractivity contribution in [3.8, 4) is 0 Å². The molecule has 296 valence electrons. The minimum Gasteiger partial charge on any atom is -0.483 e. The highest BCUT2D eigenvalue weighted by Gasteiger charge is 2.22. The number of nitrogens with one attached hydrogen (secondary N) is 3. The Morgan fingerprint density at radius 2 is 1.36 bits per heavy atom. The summed E-state index contributed by atoms with van der Waals surface area (Å²) in [6.07, 6.45) is 14.8. The molecule has 0 radical (unpaired) electrons. The lowest BCUT2D eigenvalue weighted by molar-refractivity contribution is -0.122. The molecule has 1 saturated heterocycles. The lowest BCUT2D eigenvalue weighted by atomic mass is 9.91. The van der Waals surface area contributed by atoms with Crippen molar-refractivity contribution < 1.29 is 29.4 Å². The Balaban J connectivity index is 0.000000528. The molecule has 11 heteroatoms. The van der Waals surface area contributed by atoms with Gasteiger partial charge in [-0.25, -0.2) is 4.79 Å². The molecule has 1 heterocycles. The summed E-state index contributed by atoms with van der Waals surface area (Å²) in [6.45, 7) is 3.99. The molecule has 4 aromatic carbocycles. The summed E-state index contributed by atoms with van der Waals surface area (Å²) in [5.41, 5.74) is 5.47. The normalized spacial score (nSPS) is 15.3. The van der Waals surface area contributed by atoms with Crippen LogP contribution < -0.4 is 20.3 Å². The van der Waals surface area contributed by atoms with Crippen LogP contribution in [0.25, 0.3) is 0 Å². The Hall–Kier alpha value is -5.13. The fraction of sp³-hybridized carbons (Fsp3) is 0.378. The van der Waals surface area contributed by atoms with Gasteiger partial charge in [0.2, 0.25) is 0 Å². The van der Waals surface area contributed by atoms with Crippen LogP contribution in [0.2, 0.25) is 0 Å². The Bertz CT molecular complexity index is 1890. The number of nitrogens with zero attached hydrogens (tertiary/aromatic N) is 1. The first-order valence-electron chi connectivity index (χ1n) is 19.8. The maximum Gasteiger partial charge on any atom is 0.335 e. The number of amides is 2. The molecule has 56 heavy (non-hydrogen) atoms. The number of rotatable bonds is 12. The number of carboxylic acid groups (broad SMARTS) is 2. The van der Waals surface area contributed by atoms with Gasteiger partial charge in [0.1, 0.15) is 0 Å². The number of carbonyl (C=O) groups excluding carboxylic acids is 2. The second-order valence-corrected chi connectivity index (χ2v) is 15.7. The smallest absolute Gasteiger partial charge is 0.335 e.